The summed E-state index contributed by atoms with van der Waals surface area (Å²) in [4.78, 5) is 30.5. The summed E-state index contributed by atoms with van der Waals surface area (Å²) in [5.41, 5.74) is 4.09. The van der Waals surface area contributed by atoms with Gasteiger partial charge in [-0.3, -0.25) is 4.79 Å². The van der Waals surface area contributed by atoms with Crippen LogP contribution in [0.25, 0.3) is 10.9 Å². The van der Waals surface area contributed by atoms with Crippen LogP contribution in [0.1, 0.15) is 29.5 Å². The maximum atomic E-state index is 13.0. The molecule has 0 spiro atoms. The lowest BCUT2D eigenvalue weighted by Gasteiger charge is -2.26. The van der Waals surface area contributed by atoms with Crippen molar-refractivity contribution in [2.24, 2.45) is 0 Å². The summed E-state index contributed by atoms with van der Waals surface area (Å²) in [6, 6.07) is 15.1. The van der Waals surface area contributed by atoms with Gasteiger partial charge in [-0.1, -0.05) is 30.3 Å². The van der Waals surface area contributed by atoms with Crippen molar-refractivity contribution < 1.29 is 9.53 Å². The van der Waals surface area contributed by atoms with Crippen LogP contribution in [0.3, 0.4) is 0 Å². The van der Waals surface area contributed by atoms with E-state index in [1.807, 2.05) is 62.4 Å². The first-order valence-electron chi connectivity index (χ1n) is 10.4. The predicted molar refractivity (Wildman–Crippen MR) is 119 cm³/mol. The van der Waals surface area contributed by atoms with Gasteiger partial charge in [-0.25, -0.2) is 4.79 Å². The van der Waals surface area contributed by atoms with E-state index in [4.69, 9.17) is 4.74 Å². The fourth-order valence-corrected chi connectivity index (χ4v) is 3.92. The molecule has 1 aliphatic heterocycles. The molecule has 4 rings (SSSR count). The number of aromatic nitrogens is 1. The number of carbonyl (C=O) groups excluding carboxylic acids is 1. The Labute approximate surface area is 175 Å². The van der Waals surface area contributed by atoms with Gasteiger partial charge in [0, 0.05) is 29.8 Å². The molecule has 1 unspecified atom stereocenters. The highest BCUT2D eigenvalue weighted by Crippen LogP contribution is 2.21. The standard InChI is InChI=1S/C24H27N3O3/c1-16-10-11-17(2)22-21(16)13-18(23(28)26-22)14-27(15-20-9-6-12-30-20)24(29)25-19-7-4-3-5-8-19/h3-5,7-8,10-11,13,20H,6,9,12,14-15H2,1-2H3,(H,25,29)(H,26,28). The lowest BCUT2D eigenvalue weighted by Crippen LogP contribution is -2.40. The van der Waals surface area contributed by atoms with Crippen LogP contribution in [0.5, 0.6) is 0 Å². The number of amides is 2. The largest absolute Gasteiger partial charge is 0.376 e. The van der Waals surface area contributed by atoms with Crippen LogP contribution in [0.15, 0.2) is 53.3 Å². The van der Waals surface area contributed by atoms with E-state index in [0.717, 1.165) is 40.6 Å². The molecule has 0 saturated carbocycles. The number of para-hydroxylation sites is 1. The number of aromatic amines is 1. The second-order valence-electron chi connectivity index (χ2n) is 7.92. The van der Waals surface area contributed by atoms with Gasteiger partial charge >= 0.3 is 6.03 Å². The summed E-state index contributed by atoms with van der Waals surface area (Å²) in [7, 11) is 0. The Bertz CT molecular complexity index is 1100. The van der Waals surface area contributed by atoms with Gasteiger partial charge in [0.05, 0.1) is 18.2 Å². The van der Waals surface area contributed by atoms with Gasteiger partial charge in [0.1, 0.15) is 0 Å². The van der Waals surface area contributed by atoms with Crippen LogP contribution < -0.4 is 10.9 Å². The quantitative estimate of drug-likeness (QED) is 0.662. The number of nitrogens with one attached hydrogen (secondary N) is 2. The topological polar surface area (TPSA) is 74.4 Å². The van der Waals surface area contributed by atoms with Crippen molar-refractivity contribution in [2.75, 3.05) is 18.5 Å². The molecule has 1 aromatic heterocycles. The molecule has 3 aromatic rings. The van der Waals surface area contributed by atoms with Crippen LogP contribution in [0.2, 0.25) is 0 Å². The van der Waals surface area contributed by atoms with Crippen molar-refractivity contribution in [1.29, 1.82) is 0 Å². The molecule has 2 aromatic carbocycles. The fraction of sp³-hybridized carbons (Fsp3) is 0.333. The number of benzene rings is 2. The van der Waals surface area contributed by atoms with Crippen LogP contribution >= 0.6 is 0 Å². The van der Waals surface area contributed by atoms with Gasteiger partial charge in [0.15, 0.2) is 0 Å². The van der Waals surface area contributed by atoms with Gasteiger partial charge in [-0.2, -0.15) is 0 Å². The Balaban J connectivity index is 1.63. The molecule has 2 N–H and O–H groups in total. The summed E-state index contributed by atoms with van der Waals surface area (Å²) >= 11 is 0. The molecule has 2 heterocycles. The van der Waals surface area contributed by atoms with Crippen molar-refractivity contribution in [1.82, 2.24) is 9.88 Å². The number of nitrogens with zero attached hydrogens (tertiary/aromatic N) is 1. The Hall–Kier alpha value is -3.12. The number of fused-ring (bicyclic) bond motifs is 1. The summed E-state index contributed by atoms with van der Waals surface area (Å²) in [5, 5.41) is 3.94. The number of rotatable bonds is 5. The van der Waals surface area contributed by atoms with E-state index in [9.17, 15) is 9.59 Å². The highest BCUT2D eigenvalue weighted by molar-refractivity contribution is 5.89. The minimum Gasteiger partial charge on any atom is -0.376 e. The van der Waals surface area contributed by atoms with Gasteiger partial charge in [0.2, 0.25) is 0 Å². The van der Waals surface area contributed by atoms with Gasteiger partial charge < -0.3 is 19.9 Å². The highest BCUT2D eigenvalue weighted by atomic mass is 16.5. The molecule has 0 radical (unpaired) electrons. The normalized spacial score (nSPS) is 16.0. The van der Waals surface area contributed by atoms with Crippen LogP contribution in [0.4, 0.5) is 10.5 Å². The van der Waals surface area contributed by atoms with Crippen molar-refractivity contribution >= 4 is 22.6 Å². The Morgan fingerprint density at radius 3 is 2.67 bits per heavy atom. The third-order valence-electron chi connectivity index (χ3n) is 5.64. The van der Waals surface area contributed by atoms with Crippen LogP contribution in [-0.2, 0) is 11.3 Å². The number of hydrogen-bond donors (Lipinski definition) is 2. The molecule has 1 aliphatic rings. The van der Waals surface area contributed by atoms with E-state index in [-0.39, 0.29) is 24.2 Å². The highest BCUT2D eigenvalue weighted by Gasteiger charge is 2.24. The summed E-state index contributed by atoms with van der Waals surface area (Å²) in [5.74, 6) is 0. The number of anilines is 1. The molecule has 1 atom stereocenters. The zero-order valence-corrected chi connectivity index (χ0v) is 17.4. The Morgan fingerprint density at radius 2 is 1.93 bits per heavy atom. The lowest BCUT2D eigenvalue weighted by atomic mass is 10.0. The molecule has 2 amide bonds. The predicted octanol–water partition coefficient (Wildman–Crippen LogP) is 4.36. The number of pyridine rings is 1. The van der Waals surface area contributed by atoms with Gasteiger partial charge in [-0.15, -0.1) is 0 Å². The second kappa shape index (κ2) is 8.71. The molecule has 0 aliphatic carbocycles. The molecule has 1 saturated heterocycles. The zero-order chi connectivity index (χ0) is 21.1. The van der Waals surface area contributed by atoms with Crippen molar-refractivity contribution in [2.45, 2.75) is 39.3 Å². The SMILES string of the molecule is Cc1ccc(C)c2[nH]c(=O)c(CN(CC3CCCO3)C(=O)Nc3ccccc3)cc12. The third-order valence-corrected chi connectivity index (χ3v) is 5.64. The second-order valence-corrected chi connectivity index (χ2v) is 7.92. The van der Waals surface area contributed by atoms with Gasteiger partial charge in [0.25, 0.3) is 5.56 Å². The molecule has 6 nitrogen and oxygen atoms in total. The van der Waals surface area contributed by atoms with E-state index in [0.29, 0.717) is 18.7 Å². The molecule has 156 valence electrons. The first-order chi connectivity index (χ1) is 14.5. The van der Waals surface area contributed by atoms with Crippen molar-refractivity contribution in [3.8, 4) is 0 Å². The van der Waals surface area contributed by atoms with E-state index >= 15 is 0 Å². The maximum Gasteiger partial charge on any atom is 0.322 e. The van der Waals surface area contributed by atoms with E-state index < -0.39 is 0 Å². The number of H-pyrrole nitrogens is 1. The third kappa shape index (κ3) is 4.39. The molecule has 6 heteroatoms. The smallest absolute Gasteiger partial charge is 0.322 e. The average molecular weight is 405 g/mol. The first-order valence-corrected chi connectivity index (χ1v) is 10.4. The molecule has 0 bridgehead atoms. The van der Waals surface area contributed by atoms with Gasteiger partial charge in [-0.05, 0) is 56.0 Å². The molecular formula is C24H27N3O3. The monoisotopic (exact) mass is 405 g/mol. The fourth-order valence-electron chi connectivity index (χ4n) is 3.92. The number of hydrogen-bond acceptors (Lipinski definition) is 3. The molecule has 30 heavy (non-hydrogen) atoms. The average Bonchev–Trinajstić information content (AvgIpc) is 3.25. The summed E-state index contributed by atoms with van der Waals surface area (Å²) < 4.78 is 5.75. The van der Waals surface area contributed by atoms with Crippen LogP contribution in [-0.4, -0.2) is 35.2 Å². The number of urea groups is 1. The van der Waals surface area contributed by atoms with Crippen molar-refractivity contribution in [3.05, 3.63) is 75.6 Å². The zero-order valence-electron chi connectivity index (χ0n) is 17.4. The molecular weight excluding hydrogens is 378 g/mol. The number of ether oxygens (including phenoxy) is 1. The first kappa shape index (κ1) is 20.2. The number of carbonyl (C=O) groups is 1. The maximum absolute atomic E-state index is 13.0. The lowest BCUT2D eigenvalue weighted by molar-refractivity contribution is 0.0818. The number of aryl methyl sites for hydroxylation is 2. The summed E-state index contributed by atoms with van der Waals surface area (Å²) in [6.45, 7) is 5.39. The molecule has 1 fully saturated rings. The van der Waals surface area contributed by atoms with E-state index in [1.54, 1.807) is 4.90 Å². The van der Waals surface area contributed by atoms with Crippen LogP contribution in [0, 0.1) is 13.8 Å². The Kier molecular flexibility index (Phi) is 5.86. The minimum absolute atomic E-state index is 0.00459. The van der Waals surface area contributed by atoms with E-state index in [2.05, 4.69) is 10.3 Å². The Morgan fingerprint density at radius 1 is 1.17 bits per heavy atom. The van der Waals surface area contributed by atoms with E-state index in [1.165, 1.54) is 0 Å². The minimum atomic E-state index is -0.239. The summed E-state index contributed by atoms with van der Waals surface area (Å²) in [6.07, 6.45) is 1.91. The van der Waals surface area contributed by atoms with Crippen molar-refractivity contribution in [3.63, 3.8) is 0 Å².